The van der Waals surface area contributed by atoms with Gasteiger partial charge >= 0.3 is 6.18 Å². The average Bonchev–Trinajstić information content (AvgIpc) is 2.52. The van der Waals surface area contributed by atoms with E-state index in [1.807, 2.05) is 0 Å². The van der Waals surface area contributed by atoms with Crippen molar-refractivity contribution in [2.75, 3.05) is 20.1 Å². The minimum absolute atomic E-state index is 0.128. The summed E-state index contributed by atoms with van der Waals surface area (Å²) in [5.41, 5.74) is 5.37. The molecule has 0 unspecified atom stereocenters. The predicted octanol–water partition coefficient (Wildman–Crippen LogP) is 5.38. The number of halogens is 3. The Morgan fingerprint density at radius 2 is 1.67 bits per heavy atom. The van der Waals surface area contributed by atoms with E-state index in [4.69, 9.17) is 5.73 Å². The molecule has 0 bridgehead atoms. The highest BCUT2D eigenvalue weighted by atomic mass is 19.4. The van der Waals surface area contributed by atoms with Gasteiger partial charge < -0.3 is 10.6 Å². The smallest absolute Gasteiger partial charge is 0.326 e. The van der Waals surface area contributed by atoms with Gasteiger partial charge in [0.1, 0.15) is 0 Å². The predicted molar refractivity (Wildman–Crippen MR) is 96.0 cm³/mol. The summed E-state index contributed by atoms with van der Waals surface area (Å²) in [5.74, 6) is 0. The standard InChI is InChI=1S/C10H23N.C9H10F3N/c1-4-6-7-8-10-11(3)9-5-2;1-6-2-3-7(5-13)4-8(6)9(10,11)12/h4-10H2,1-3H3;2-4H,5,13H2,1H3. The van der Waals surface area contributed by atoms with E-state index in [2.05, 4.69) is 25.8 Å². The summed E-state index contributed by atoms with van der Waals surface area (Å²) in [7, 11) is 2.22. The molecule has 0 aliphatic rings. The summed E-state index contributed by atoms with van der Waals surface area (Å²) in [6.07, 6.45) is 2.53. The molecule has 24 heavy (non-hydrogen) atoms. The topological polar surface area (TPSA) is 29.3 Å². The van der Waals surface area contributed by atoms with Gasteiger partial charge in [0, 0.05) is 6.54 Å². The minimum Gasteiger partial charge on any atom is -0.326 e. The van der Waals surface area contributed by atoms with E-state index < -0.39 is 11.7 Å². The highest BCUT2D eigenvalue weighted by Crippen LogP contribution is 2.32. The number of unbranched alkanes of at least 4 members (excludes halogenated alkanes) is 3. The Bertz CT molecular complexity index is 445. The lowest BCUT2D eigenvalue weighted by atomic mass is 10.0. The number of nitrogens with two attached hydrogens (primary N) is 1. The Kier molecular flexibility index (Phi) is 11.8. The third-order valence-electron chi connectivity index (χ3n) is 3.84. The Morgan fingerprint density at radius 1 is 1.00 bits per heavy atom. The SMILES string of the molecule is CCCCCCN(C)CCC.Cc1ccc(CN)cc1C(F)(F)F. The van der Waals surface area contributed by atoms with Crippen molar-refractivity contribution in [3.8, 4) is 0 Å². The number of hydrogen-bond donors (Lipinski definition) is 1. The van der Waals surface area contributed by atoms with Crippen LogP contribution in [-0.4, -0.2) is 25.0 Å². The average molecular weight is 346 g/mol. The molecule has 0 amide bonds. The van der Waals surface area contributed by atoms with E-state index in [1.54, 1.807) is 6.07 Å². The maximum atomic E-state index is 12.3. The zero-order valence-corrected chi connectivity index (χ0v) is 15.5. The molecule has 0 atom stereocenters. The van der Waals surface area contributed by atoms with Crippen LogP contribution in [0.2, 0.25) is 0 Å². The lowest BCUT2D eigenvalue weighted by Gasteiger charge is -2.14. The van der Waals surface area contributed by atoms with Crippen LogP contribution in [0.1, 0.15) is 62.6 Å². The molecule has 1 aromatic rings. The maximum Gasteiger partial charge on any atom is 0.416 e. The summed E-state index contributed by atoms with van der Waals surface area (Å²) in [4.78, 5) is 2.43. The number of alkyl halides is 3. The Labute approximate surface area is 145 Å². The third kappa shape index (κ3) is 9.93. The monoisotopic (exact) mass is 346 g/mol. The van der Waals surface area contributed by atoms with Crippen molar-refractivity contribution in [1.82, 2.24) is 4.90 Å². The minimum atomic E-state index is -4.28. The third-order valence-corrected chi connectivity index (χ3v) is 3.84. The molecule has 2 N–H and O–H groups in total. The Hall–Kier alpha value is -1.07. The molecule has 1 rings (SSSR count). The van der Waals surface area contributed by atoms with E-state index in [0.29, 0.717) is 5.56 Å². The van der Waals surface area contributed by atoms with Crippen molar-refractivity contribution in [3.05, 3.63) is 34.9 Å². The summed E-state index contributed by atoms with van der Waals surface area (Å²) in [6.45, 7) is 8.60. The largest absolute Gasteiger partial charge is 0.416 e. The van der Waals surface area contributed by atoms with E-state index in [-0.39, 0.29) is 12.1 Å². The molecule has 0 saturated carbocycles. The Morgan fingerprint density at radius 3 is 2.17 bits per heavy atom. The Balaban J connectivity index is 0.000000449. The van der Waals surface area contributed by atoms with E-state index in [0.717, 1.165) is 6.07 Å². The van der Waals surface area contributed by atoms with Crippen LogP contribution < -0.4 is 5.73 Å². The molecular formula is C19H33F3N2. The summed E-state index contributed by atoms with van der Waals surface area (Å²) in [6, 6.07) is 4.13. The molecule has 0 spiro atoms. The molecule has 0 heterocycles. The molecule has 5 heteroatoms. The van der Waals surface area contributed by atoms with E-state index in [1.165, 1.54) is 58.2 Å². The number of nitrogens with zero attached hydrogens (tertiary/aromatic N) is 1. The number of benzene rings is 1. The first kappa shape index (κ1) is 22.9. The van der Waals surface area contributed by atoms with Crippen LogP contribution in [0, 0.1) is 6.92 Å². The number of aryl methyl sites for hydroxylation is 1. The van der Waals surface area contributed by atoms with Crippen molar-refractivity contribution in [2.24, 2.45) is 5.73 Å². The first-order valence-electron chi connectivity index (χ1n) is 8.81. The van der Waals surface area contributed by atoms with Crippen molar-refractivity contribution < 1.29 is 13.2 Å². The quantitative estimate of drug-likeness (QED) is 0.640. The van der Waals surface area contributed by atoms with Crippen LogP contribution in [0.25, 0.3) is 0 Å². The second-order valence-corrected chi connectivity index (χ2v) is 6.22. The van der Waals surface area contributed by atoms with Gasteiger partial charge in [-0.25, -0.2) is 0 Å². The summed E-state index contributed by atoms with van der Waals surface area (Å²) >= 11 is 0. The zero-order valence-electron chi connectivity index (χ0n) is 15.5. The molecule has 0 aliphatic carbocycles. The second kappa shape index (κ2) is 12.3. The van der Waals surface area contributed by atoms with Gasteiger partial charge in [-0.2, -0.15) is 13.2 Å². The lowest BCUT2D eigenvalue weighted by molar-refractivity contribution is -0.138. The molecule has 2 nitrogen and oxygen atoms in total. The normalized spacial score (nSPS) is 11.4. The van der Waals surface area contributed by atoms with E-state index >= 15 is 0 Å². The number of hydrogen-bond acceptors (Lipinski definition) is 2. The van der Waals surface area contributed by atoms with Crippen molar-refractivity contribution in [3.63, 3.8) is 0 Å². The van der Waals surface area contributed by atoms with Gasteiger partial charge in [0.25, 0.3) is 0 Å². The molecule has 1 aromatic carbocycles. The summed E-state index contributed by atoms with van der Waals surface area (Å²) < 4.78 is 37.0. The van der Waals surface area contributed by atoms with Crippen LogP contribution in [-0.2, 0) is 12.7 Å². The van der Waals surface area contributed by atoms with Crippen molar-refractivity contribution in [1.29, 1.82) is 0 Å². The lowest BCUT2D eigenvalue weighted by Crippen LogP contribution is -2.20. The van der Waals surface area contributed by atoms with Crippen molar-refractivity contribution in [2.45, 2.75) is 65.6 Å². The van der Waals surface area contributed by atoms with Crippen LogP contribution in [0.15, 0.2) is 18.2 Å². The van der Waals surface area contributed by atoms with Crippen LogP contribution in [0.3, 0.4) is 0 Å². The van der Waals surface area contributed by atoms with Gasteiger partial charge in [-0.05, 0) is 57.1 Å². The van der Waals surface area contributed by atoms with Gasteiger partial charge in [0.15, 0.2) is 0 Å². The van der Waals surface area contributed by atoms with Gasteiger partial charge in [0.05, 0.1) is 5.56 Å². The van der Waals surface area contributed by atoms with Gasteiger partial charge in [-0.1, -0.05) is 45.2 Å². The molecule has 140 valence electrons. The van der Waals surface area contributed by atoms with Crippen LogP contribution in [0.4, 0.5) is 13.2 Å². The summed E-state index contributed by atoms with van der Waals surface area (Å²) in [5, 5.41) is 0. The van der Waals surface area contributed by atoms with E-state index in [9.17, 15) is 13.2 Å². The fraction of sp³-hybridized carbons (Fsp3) is 0.684. The van der Waals surface area contributed by atoms with Gasteiger partial charge in [-0.3, -0.25) is 0 Å². The highest BCUT2D eigenvalue weighted by Gasteiger charge is 2.32. The molecule has 0 saturated heterocycles. The zero-order chi connectivity index (χ0) is 18.6. The fourth-order valence-corrected chi connectivity index (χ4v) is 2.40. The molecule has 0 aromatic heterocycles. The fourth-order valence-electron chi connectivity index (χ4n) is 2.40. The van der Waals surface area contributed by atoms with Gasteiger partial charge in [-0.15, -0.1) is 0 Å². The molecule has 0 aliphatic heterocycles. The van der Waals surface area contributed by atoms with Gasteiger partial charge in [0.2, 0.25) is 0 Å². The molecule has 0 radical (unpaired) electrons. The van der Waals surface area contributed by atoms with Crippen molar-refractivity contribution >= 4 is 0 Å². The highest BCUT2D eigenvalue weighted by molar-refractivity contribution is 5.33. The maximum absolute atomic E-state index is 12.3. The first-order valence-corrected chi connectivity index (χ1v) is 8.81. The first-order chi connectivity index (χ1) is 11.3. The molecule has 0 fully saturated rings. The van der Waals surface area contributed by atoms with Crippen LogP contribution in [0.5, 0.6) is 0 Å². The second-order valence-electron chi connectivity index (χ2n) is 6.22. The molecular weight excluding hydrogens is 313 g/mol. The number of rotatable bonds is 8. The van der Waals surface area contributed by atoms with Crippen LogP contribution >= 0.6 is 0 Å².